The van der Waals surface area contributed by atoms with Gasteiger partial charge in [-0.1, -0.05) is 41.4 Å². The first kappa shape index (κ1) is 20.8. The van der Waals surface area contributed by atoms with Crippen molar-refractivity contribution < 1.29 is 14.3 Å². The molecule has 0 radical (unpaired) electrons. The molecule has 5 nitrogen and oxygen atoms in total. The second kappa shape index (κ2) is 9.42. The van der Waals surface area contributed by atoms with Crippen LogP contribution in [0.2, 0.25) is 5.02 Å². The van der Waals surface area contributed by atoms with Gasteiger partial charge in [0.25, 0.3) is 5.91 Å². The normalized spacial score (nSPS) is 11.6. The van der Waals surface area contributed by atoms with Gasteiger partial charge in [0.15, 0.2) is 6.61 Å². The molecule has 0 heterocycles. The molecular weight excluding hydrogens is 364 g/mol. The zero-order chi connectivity index (χ0) is 20.0. The third kappa shape index (κ3) is 5.73. The van der Waals surface area contributed by atoms with Crippen molar-refractivity contribution in [1.29, 1.82) is 0 Å². The summed E-state index contributed by atoms with van der Waals surface area (Å²) < 4.78 is 5.71. The molecule has 1 unspecified atom stereocenters. The van der Waals surface area contributed by atoms with Crippen LogP contribution in [0.4, 0.5) is 0 Å². The lowest BCUT2D eigenvalue weighted by Gasteiger charge is -2.28. The average molecular weight is 389 g/mol. The topological polar surface area (TPSA) is 58.6 Å². The standard InChI is InChI=1S/C21H25ClN2O3/c1-14-8-9-19(15(2)10-14)27-13-20(25)24(16(3)21(26)23-4)12-17-6-5-7-18(22)11-17/h5-11,16H,12-13H2,1-4H3,(H,23,26). The Hall–Kier alpha value is -2.53. The molecular formula is C21H25ClN2O3. The number of aryl methyl sites for hydroxylation is 2. The van der Waals surface area contributed by atoms with Gasteiger partial charge in [0.05, 0.1) is 0 Å². The van der Waals surface area contributed by atoms with Gasteiger partial charge in [0.1, 0.15) is 11.8 Å². The van der Waals surface area contributed by atoms with E-state index in [1.54, 1.807) is 26.1 Å². The number of halogens is 1. The number of amides is 2. The number of nitrogens with one attached hydrogen (secondary N) is 1. The smallest absolute Gasteiger partial charge is 0.261 e. The van der Waals surface area contributed by atoms with Crippen molar-refractivity contribution in [2.45, 2.75) is 33.4 Å². The van der Waals surface area contributed by atoms with Crippen LogP contribution in [0.25, 0.3) is 0 Å². The largest absolute Gasteiger partial charge is 0.483 e. The maximum absolute atomic E-state index is 12.8. The summed E-state index contributed by atoms with van der Waals surface area (Å²) in [6.07, 6.45) is 0. The summed E-state index contributed by atoms with van der Waals surface area (Å²) >= 11 is 6.04. The van der Waals surface area contributed by atoms with Gasteiger partial charge in [0.2, 0.25) is 5.91 Å². The third-order valence-electron chi connectivity index (χ3n) is 4.34. The third-order valence-corrected chi connectivity index (χ3v) is 4.57. The van der Waals surface area contributed by atoms with E-state index in [0.717, 1.165) is 16.7 Å². The van der Waals surface area contributed by atoms with E-state index in [1.807, 2.05) is 44.2 Å². The first-order chi connectivity index (χ1) is 12.8. The Morgan fingerprint density at radius 2 is 1.93 bits per heavy atom. The number of carbonyl (C=O) groups is 2. The molecule has 0 saturated carbocycles. The van der Waals surface area contributed by atoms with Crippen LogP contribution in [0, 0.1) is 13.8 Å². The Bertz CT molecular complexity index is 823. The van der Waals surface area contributed by atoms with Crippen molar-refractivity contribution >= 4 is 23.4 Å². The van der Waals surface area contributed by atoms with E-state index < -0.39 is 6.04 Å². The second-order valence-corrected chi connectivity index (χ2v) is 6.94. The maximum Gasteiger partial charge on any atom is 0.261 e. The van der Waals surface area contributed by atoms with Crippen molar-refractivity contribution in [2.75, 3.05) is 13.7 Å². The number of rotatable bonds is 7. The highest BCUT2D eigenvalue weighted by Crippen LogP contribution is 2.19. The van der Waals surface area contributed by atoms with E-state index in [4.69, 9.17) is 16.3 Å². The van der Waals surface area contributed by atoms with Crippen LogP contribution in [0.5, 0.6) is 5.75 Å². The molecule has 144 valence electrons. The number of hydrogen-bond donors (Lipinski definition) is 1. The van der Waals surface area contributed by atoms with E-state index >= 15 is 0 Å². The van der Waals surface area contributed by atoms with Gasteiger partial charge < -0.3 is 15.0 Å². The minimum Gasteiger partial charge on any atom is -0.483 e. The SMILES string of the molecule is CNC(=O)C(C)N(Cc1cccc(Cl)c1)C(=O)COc1ccc(C)cc1C. The number of hydrogen-bond acceptors (Lipinski definition) is 3. The van der Waals surface area contributed by atoms with Crippen LogP contribution in [0.15, 0.2) is 42.5 Å². The van der Waals surface area contributed by atoms with Crippen LogP contribution >= 0.6 is 11.6 Å². The van der Waals surface area contributed by atoms with Crippen LogP contribution in [-0.4, -0.2) is 36.4 Å². The Morgan fingerprint density at radius 3 is 2.56 bits per heavy atom. The summed E-state index contributed by atoms with van der Waals surface area (Å²) in [4.78, 5) is 26.4. The number of carbonyl (C=O) groups excluding carboxylic acids is 2. The fourth-order valence-electron chi connectivity index (χ4n) is 2.81. The second-order valence-electron chi connectivity index (χ2n) is 6.50. The minimum absolute atomic E-state index is 0.147. The zero-order valence-corrected chi connectivity index (χ0v) is 16.8. The monoisotopic (exact) mass is 388 g/mol. The molecule has 0 aliphatic rings. The van der Waals surface area contributed by atoms with Gasteiger partial charge in [-0.05, 0) is 50.1 Å². The lowest BCUT2D eigenvalue weighted by atomic mass is 10.1. The lowest BCUT2D eigenvalue weighted by molar-refractivity contribution is -0.142. The maximum atomic E-state index is 12.8. The Kier molecular flexibility index (Phi) is 7.25. The summed E-state index contributed by atoms with van der Waals surface area (Å²) in [5, 5.41) is 3.17. The first-order valence-electron chi connectivity index (χ1n) is 8.77. The molecule has 2 aromatic carbocycles. The molecule has 27 heavy (non-hydrogen) atoms. The highest BCUT2D eigenvalue weighted by Gasteiger charge is 2.26. The molecule has 0 aliphatic carbocycles. The van der Waals surface area contributed by atoms with E-state index in [0.29, 0.717) is 10.8 Å². The predicted octanol–water partition coefficient (Wildman–Crippen LogP) is 3.50. The average Bonchev–Trinajstić information content (AvgIpc) is 2.64. The summed E-state index contributed by atoms with van der Waals surface area (Å²) in [7, 11) is 1.55. The fraction of sp³-hybridized carbons (Fsp3) is 0.333. The fourth-order valence-corrected chi connectivity index (χ4v) is 3.02. The summed E-state index contributed by atoms with van der Waals surface area (Å²) in [5.41, 5.74) is 2.93. The van der Waals surface area contributed by atoms with Crippen molar-refractivity contribution in [3.63, 3.8) is 0 Å². The van der Waals surface area contributed by atoms with Gasteiger partial charge in [-0.25, -0.2) is 0 Å². The molecule has 6 heteroatoms. The minimum atomic E-state index is -0.635. The molecule has 2 amide bonds. The molecule has 0 aliphatic heterocycles. The van der Waals surface area contributed by atoms with Gasteiger partial charge in [-0.15, -0.1) is 0 Å². The highest BCUT2D eigenvalue weighted by atomic mass is 35.5. The number of ether oxygens (including phenoxy) is 1. The number of nitrogens with zero attached hydrogens (tertiary/aromatic N) is 1. The van der Waals surface area contributed by atoms with E-state index in [1.165, 1.54) is 4.90 Å². The Morgan fingerprint density at radius 1 is 1.19 bits per heavy atom. The van der Waals surface area contributed by atoms with Crippen molar-refractivity contribution in [1.82, 2.24) is 10.2 Å². The van der Waals surface area contributed by atoms with E-state index in [2.05, 4.69) is 5.32 Å². The van der Waals surface area contributed by atoms with E-state index in [-0.39, 0.29) is 25.0 Å². The molecule has 0 fully saturated rings. The quantitative estimate of drug-likeness (QED) is 0.789. The predicted molar refractivity (Wildman–Crippen MR) is 107 cm³/mol. The highest BCUT2D eigenvalue weighted by molar-refractivity contribution is 6.30. The molecule has 0 bridgehead atoms. The van der Waals surface area contributed by atoms with Crippen LogP contribution in [0.3, 0.4) is 0 Å². The van der Waals surface area contributed by atoms with Crippen molar-refractivity contribution in [3.05, 3.63) is 64.2 Å². The summed E-state index contributed by atoms with van der Waals surface area (Å²) in [6, 6.07) is 12.4. The summed E-state index contributed by atoms with van der Waals surface area (Å²) in [5.74, 6) is 0.146. The lowest BCUT2D eigenvalue weighted by Crippen LogP contribution is -2.48. The van der Waals surface area contributed by atoms with Crippen LogP contribution in [-0.2, 0) is 16.1 Å². The van der Waals surface area contributed by atoms with Crippen molar-refractivity contribution in [2.24, 2.45) is 0 Å². The van der Waals surface area contributed by atoms with Gasteiger partial charge in [0, 0.05) is 18.6 Å². The molecule has 1 N–H and O–H groups in total. The first-order valence-corrected chi connectivity index (χ1v) is 9.15. The van der Waals surface area contributed by atoms with Gasteiger partial charge >= 0.3 is 0 Å². The molecule has 2 rings (SSSR count). The molecule has 0 spiro atoms. The number of likely N-dealkylation sites (N-methyl/N-ethyl adjacent to an activating group) is 1. The molecule has 0 aromatic heterocycles. The molecule has 2 aromatic rings. The Balaban J connectivity index is 2.15. The zero-order valence-electron chi connectivity index (χ0n) is 16.1. The van der Waals surface area contributed by atoms with Gasteiger partial charge in [-0.2, -0.15) is 0 Å². The van der Waals surface area contributed by atoms with Gasteiger partial charge in [-0.3, -0.25) is 9.59 Å². The Labute approximate surface area is 165 Å². The molecule has 0 saturated heterocycles. The summed E-state index contributed by atoms with van der Waals surface area (Å²) in [6.45, 7) is 5.75. The van der Waals surface area contributed by atoms with Crippen molar-refractivity contribution in [3.8, 4) is 5.75 Å². The van der Waals surface area contributed by atoms with Crippen LogP contribution < -0.4 is 10.1 Å². The van der Waals surface area contributed by atoms with E-state index in [9.17, 15) is 9.59 Å². The van der Waals surface area contributed by atoms with Crippen LogP contribution in [0.1, 0.15) is 23.6 Å². The number of benzene rings is 2. The molecule has 1 atom stereocenters.